The first-order valence-electron chi connectivity index (χ1n) is 17.8. The van der Waals surface area contributed by atoms with Gasteiger partial charge in [-0.05, 0) is 104 Å². The van der Waals surface area contributed by atoms with Crippen molar-refractivity contribution in [3.05, 3.63) is 118 Å². The van der Waals surface area contributed by atoms with Crippen LogP contribution in [0.25, 0.3) is 22.0 Å². The Balaban J connectivity index is 1.18. The molecule has 0 aliphatic carbocycles. The van der Waals surface area contributed by atoms with Crippen molar-refractivity contribution in [1.82, 2.24) is 20.1 Å². The summed E-state index contributed by atoms with van der Waals surface area (Å²) in [7, 11) is 0. The molecule has 0 atom stereocenters. The van der Waals surface area contributed by atoms with Crippen molar-refractivity contribution >= 4 is 28.4 Å². The third-order valence-corrected chi connectivity index (χ3v) is 9.86. The number of amides is 1. The van der Waals surface area contributed by atoms with Gasteiger partial charge >= 0.3 is 0 Å². The molecule has 51 heavy (non-hydrogen) atoms. The fourth-order valence-electron chi connectivity index (χ4n) is 6.81. The quantitative estimate of drug-likeness (QED) is 0.101. The van der Waals surface area contributed by atoms with Gasteiger partial charge in [-0.1, -0.05) is 54.1 Å². The molecule has 8 nitrogen and oxygen atoms in total. The first-order chi connectivity index (χ1) is 24.9. The van der Waals surface area contributed by atoms with Gasteiger partial charge in [0.05, 0.1) is 16.7 Å². The Bertz CT molecular complexity index is 2010. The van der Waals surface area contributed by atoms with Gasteiger partial charge in [-0.15, -0.1) is 0 Å². The molecule has 0 spiro atoms. The zero-order valence-electron chi connectivity index (χ0n) is 29.5. The number of nitrogens with one attached hydrogen (secondary N) is 2. The van der Waals surface area contributed by atoms with Crippen LogP contribution in [0, 0.1) is 18.3 Å². The Morgan fingerprint density at radius 3 is 2.49 bits per heavy atom. The highest BCUT2D eigenvalue weighted by Crippen LogP contribution is 2.36. The summed E-state index contributed by atoms with van der Waals surface area (Å²) >= 11 is 6.81. The van der Waals surface area contributed by atoms with E-state index in [2.05, 4.69) is 81.8 Å². The summed E-state index contributed by atoms with van der Waals surface area (Å²) in [5.41, 5.74) is 8.23. The molecule has 2 heterocycles. The molecule has 0 radical (unpaired) electrons. The highest BCUT2D eigenvalue weighted by molar-refractivity contribution is 6.32. The third-order valence-electron chi connectivity index (χ3n) is 9.56. The maximum atomic E-state index is 11.3. The number of carbonyl (C=O) groups is 1. The summed E-state index contributed by atoms with van der Waals surface area (Å²) in [4.78, 5) is 13.8. The van der Waals surface area contributed by atoms with Gasteiger partial charge in [0.15, 0.2) is 0 Å². The second-order valence-corrected chi connectivity index (χ2v) is 13.6. The van der Waals surface area contributed by atoms with Gasteiger partial charge < -0.3 is 29.6 Å². The number of hydrogen-bond acceptors (Lipinski definition) is 6. The zero-order chi connectivity index (χ0) is 35.6. The van der Waals surface area contributed by atoms with E-state index in [0.29, 0.717) is 48.3 Å². The van der Waals surface area contributed by atoms with Crippen LogP contribution < -0.4 is 20.1 Å². The van der Waals surface area contributed by atoms with Crippen molar-refractivity contribution in [3.63, 3.8) is 0 Å². The number of benzene rings is 4. The largest absolute Gasteiger partial charge is 0.488 e. The van der Waals surface area contributed by atoms with Gasteiger partial charge in [0.1, 0.15) is 24.7 Å². The lowest BCUT2D eigenvalue weighted by molar-refractivity contribution is -0.118. The van der Waals surface area contributed by atoms with Crippen LogP contribution in [-0.2, 0) is 31.1 Å². The van der Waals surface area contributed by atoms with Crippen LogP contribution in [0.15, 0.2) is 85.1 Å². The average molecular weight is 704 g/mol. The van der Waals surface area contributed by atoms with Gasteiger partial charge in [-0.2, -0.15) is 5.26 Å². The molecule has 1 fully saturated rings. The predicted octanol–water partition coefficient (Wildman–Crippen LogP) is 8.01. The molecule has 1 aliphatic rings. The van der Waals surface area contributed by atoms with E-state index < -0.39 is 0 Å². The van der Waals surface area contributed by atoms with E-state index in [1.54, 1.807) is 6.07 Å². The minimum atomic E-state index is -0.0690. The van der Waals surface area contributed by atoms with Crippen molar-refractivity contribution in [2.75, 3.05) is 32.7 Å². The fourth-order valence-corrected chi connectivity index (χ4v) is 7.05. The summed E-state index contributed by atoms with van der Waals surface area (Å²) in [5.74, 6) is 1.09. The van der Waals surface area contributed by atoms with E-state index in [1.807, 2.05) is 30.3 Å². The highest BCUT2D eigenvalue weighted by atomic mass is 35.5. The van der Waals surface area contributed by atoms with Crippen LogP contribution in [0.1, 0.15) is 54.0 Å². The number of aromatic nitrogens is 1. The number of likely N-dealkylation sites (tertiary alicyclic amines) is 1. The maximum Gasteiger partial charge on any atom is 0.216 e. The lowest BCUT2D eigenvalue weighted by Crippen LogP contribution is -2.30. The van der Waals surface area contributed by atoms with E-state index in [9.17, 15) is 10.1 Å². The van der Waals surface area contributed by atoms with Crippen molar-refractivity contribution < 1.29 is 14.3 Å². The SMILES string of the molecule is CC(=O)NCCNCc1cc(Cl)c(OCc2cccc(-c3cccc4c3ccn4CCCN3CCCC3)c2C)cc1OCc1cccc(C#N)c1. The normalized spacial score (nSPS) is 13.0. The Kier molecular flexibility index (Phi) is 12.3. The Hall–Kier alpha value is -4.81. The minimum absolute atomic E-state index is 0.0690. The Morgan fingerprint density at radius 1 is 0.882 bits per heavy atom. The predicted molar refractivity (Wildman–Crippen MR) is 204 cm³/mol. The summed E-state index contributed by atoms with van der Waals surface area (Å²) < 4.78 is 15.1. The van der Waals surface area contributed by atoms with Crippen molar-refractivity contribution in [2.45, 2.75) is 59.4 Å². The molecule has 1 saturated heterocycles. The summed E-state index contributed by atoms with van der Waals surface area (Å²) in [5, 5.41) is 17.2. The molecule has 6 rings (SSSR count). The minimum Gasteiger partial charge on any atom is -0.488 e. The van der Waals surface area contributed by atoms with Crippen molar-refractivity contribution in [3.8, 4) is 28.7 Å². The fraction of sp³-hybridized carbons (Fsp3) is 0.333. The van der Waals surface area contributed by atoms with E-state index >= 15 is 0 Å². The second-order valence-electron chi connectivity index (χ2n) is 13.2. The standard InChI is InChI=1S/C42H46ClN5O3/c1-30-34(11-6-12-36(30)37-13-7-14-40-38(37)15-22-48(40)21-8-20-47-18-3-4-19-47)29-51-42-25-41(50-28-33-10-5-9-32(23-33)26-44)35(24-39(42)43)27-45-16-17-46-31(2)49/h5-7,9-15,22-25,45H,3-4,8,16-21,27-29H2,1-2H3,(H,46,49). The lowest BCUT2D eigenvalue weighted by atomic mass is 9.94. The molecule has 2 N–H and O–H groups in total. The number of nitrogens with zero attached hydrogens (tertiary/aromatic N) is 3. The molecule has 264 valence electrons. The monoisotopic (exact) mass is 703 g/mol. The average Bonchev–Trinajstić information content (AvgIpc) is 3.81. The second kappa shape index (κ2) is 17.4. The molecule has 1 amide bonds. The number of fused-ring (bicyclic) bond motifs is 1. The smallest absolute Gasteiger partial charge is 0.216 e. The molecular weight excluding hydrogens is 658 g/mol. The molecule has 0 saturated carbocycles. The van der Waals surface area contributed by atoms with Gasteiger partial charge in [0, 0.05) is 61.8 Å². The van der Waals surface area contributed by atoms with Crippen molar-refractivity contribution in [2.24, 2.45) is 0 Å². The van der Waals surface area contributed by atoms with Crippen LogP contribution in [0.2, 0.25) is 5.02 Å². The van der Waals surface area contributed by atoms with Gasteiger partial charge in [-0.3, -0.25) is 4.79 Å². The number of nitriles is 1. The first kappa shape index (κ1) is 36.0. The zero-order valence-corrected chi connectivity index (χ0v) is 30.3. The van der Waals surface area contributed by atoms with E-state index in [1.165, 1.54) is 54.9 Å². The molecule has 1 aliphatic heterocycles. The molecule has 0 bridgehead atoms. The molecule has 5 aromatic rings. The number of carbonyl (C=O) groups excluding carboxylic acids is 1. The number of rotatable bonds is 16. The molecular formula is C42H46ClN5O3. The van der Waals surface area contributed by atoms with E-state index in [4.69, 9.17) is 21.1 Å². The van der Waals surface area contributed by atoms with E-state index in [0.717, 1.165) is 41.8 Å². The number of halogens is 1. The van der Waals surface area contributed by atoms with Crippen LogP contribution in [0.4, 0.5) is 0 Å². The highest BCUT2D eigenvalue weighted by Gasteiger charge is 2.16. The van der Waals surface area contributed by atoms with Crippen LogP contribution in [0.3, 0.4) is 0 Å². The first-order valence-corrected chi connectivity index (χ1v) is 18.2. The van der Waals surface area contributed by atoms with Crippen LogP contribution in [-0.4, -0.2) is 48.1 Å². The third kappa shape index (κ3) is 9.30. The van der Waals surface area contributed by atoms with Crippen molar-refractivity contribution in [1.29, 1.82) is 5.26 Å². The number of ether oxygens (including phenoxy) is 2. The van der Waals surface area contributed by atoms with Gasteiger partial charge in [0.2, 0.25) is 5.91 Å². The lowest BCUT2D eigenvalue weighted by Gasteiger charge is -2.18. The summed E-state index contributed by atoms with van der Waals surface area (Å²) in [6.07, 6.45) is 6.04. The Labute approximate surface area is 305 Å². The maximum absolute atomic E-state index is 11.3. The Morgan fingerprint density at radius 2 is 1.67 bits per heavy atom. The summed E-state index contributed by atoms with van der Waals surface area (Å²) in [6.45, 7) is 10.5. The van der Waals surface area contributed by atoms with Crippen LogP contribution in [0.5, 0.6) is 11.5 Å². The van der Waals surface area contributed by atoms with Gasteiger partial charge in [0.25, 0.3) is 0 Å². The molecule has 1 aromatic heterocycles. The molecule has 4 aromatic carbocycles. The topological polar surface area (TPSA) is 91.6 Å². The molecule has 0 unspecified atom stereocenters. The van der Waals surface area contributed by atoms with Crippen LogP contribution >= 0.6 is 11.6 Å². The van der Waals surface area contributed by atoms with Gasteiger partial charge in [-0.25, -0.2) is 0 Å². The summed E-state index contributed by atoms with van der Waals surface area (Å²) in [6, 6.07) is 28.5. The number of aryl methyl sites for hydroxylation is 1. The van der Waals surface area contributed by atoms with E-state index in [-0.39, 0.29) is 12.5 Å². The molecule has 9 heteroatoms. The number of hydrogen-bond donors (Lipinski definition) is 2.